The van der Waals surface area contributed by atoms with Crippen LogP contribution in [0.1, 0.15) is 22.5 Å². The second-order valence-corrected chi connectivity index (χ2v) is 8.13. The zero-order valence-electron chi connectivity index (χ0n) is 18.4. The molecule has 3 aromatic rings. The smallest absolute Gasteiger partial charge is 0.272 e. The summed E-state index contributed by atoms with van der Waals surface area (Å²) in [6.45, 7) is 0.901. The fourth-order valence-corrected chi connectivity index (χ4v) is 4.45. The van der Waals surface area contributed by atoms with Gasteiger partial charge in [0.15, 0.2) is 0 Å². The number of rotatable bonds is 6. The minimum atomic E-state index is -0.662. The van der Waals surface area contributed by atoms with Gasteiger partial charge in [-0.15, -0.1) is 0 Å². The maximum atomic E-state index is 12.9. The molecule has 1 aliphatic heterocycles. The van der Waals surface area contributed by atoms with Crippen LogP contribution in [0.15, 0.2) is 72.9 Å². The second-order valence-electron chi connectivity index (χ2n) is 8.13. The van der Waals surface area contributed by atoms with E-state index in [1.54, 1.807) is 43.5 Å². The van der Waals surface area contributed by atoms with E-state index in [1.165, 1.54) is 0 Å². The maximum Gasteiger partial charge on any atom is 0.272 e. The molecule has 1 atom stereocenters. The van der Waals surface area contributed by atoms with Crippen molar-refractivity contribution < 1.29 is 14.3 Å². The van der Waals surface area contributed by atoms with Crippen molar-refractivity contribution in [3.8, 4) is 16.9 Å². The number of nitrogens with one attached hydrogen (secondary N) is 1. The molecule has 1 aliphatic rings. The Labute approximate surface area is 188 Å². The summed E-state index contributed by atoms with van der Waals surface area (Å²) in [5.41, 5.74) is 2.88. The third kappa shape index (κ3) is 4.21. The molecule has 1 saturated heterocycles. The molecule has 0 spiro atoms. The quantitative estimate of drug-likeness (QED) is 0.650. The molecular formula is C26H27N3O3. The maximum absolute atomic E-state index is 12.9. The Hall–Kier alpha value is -3.67. The zero-order chi connectivity index (χ0) is 22.6. The van der Waals surface area contributed by atoms with E-state index in [2.05, 4.69) is 34.6 Å². The zero-order valence-corrected chi connectivity index (χ0v) is 18.4. The molecule has 1 fully saturated rings. The number of nitrogens with zero attached hydrogens (tertiary/aromatic N) is 2. The molecule has 6 heteroatoms. The number of benzene rings is 2. The molecular weight excluding hydrogens is 402 g/mol. The lowest BCUT2D eigenvalue weighted by Crippen LogP contribution is -2.44. The van der Waals surface area contributed by atoms with Crippen molar-refractivity contribution in [2.75, 3.05) is 27.2 Å². The lowest BCUT2D eigenvalue weighted by atomic mass is 9.79. The Balaban J connectivity index is 1.55. The van der Waals surface area contributed by atoms with E-state index in [0.717, 1.165) is 22.4 Å². The number of carbonyl (C=O) groups excluding carboxylic acids is 2. The SMILES string of the molecule is CNC(=O)C1(Cc2ccc(-c3ccccc3OC)cc2)CCN(C(=O)c2ccccn2)C1. The van der Waals surface area contributed by atoms with Crippen LogP contribution in [0, 0.1) is 5.41 Å². The number of hydrogen-bond donors (Lipinski definition) is 1. The fourth-order valence-electron chi connectivity index (χ4n) is 4.45. The van der Waals surface area contributed by atoms with Crippen LogP contribution in [0.3, 0.4) is 0 Å². The average molecular weight is 430 g/mol. The predicted octanol–water partition coefficient (Wildman–Crippen LogP) is 3.58. The molecule has 2 amide bonds. The Morgan fingerprint density at radius 2 is 1.81 bits per heavy atom. The summed E-state index contributed by atoms with van der Waals surface area (Å²) in [6.07, 6.45) is 2.78. The highest BCUT2D eigenvalue weighted by molar-refractivity contribution is 5.93. The molecule has 1 unspecified atom stereocenters. The van der Waals surface area contributed by atoms with E-state index in [1.807, 2.05) is 24.3 Å². The third-order valence-electron chi connectivity index (χ3n) is 6.15. The Morgan fingerprint density at radius 1 is 1.06 bits per heavy atom. The average Bonchev–Trinajstić information content (AvgIpc) is 3.29. The fraction of sp³-hybridized carbons (Fsp3) is 0.269. The molecule has 4 rings (SSSR count). The van der Waals surface area contributed by atoms with Crippen LogP contribution in [0.5, 0.6) is 5.75 Å². The second kappa shape index (κ2) is 9.22. The Morgan fingerprint density at radius 3 is 2.50 bits per heavy atom. The molecule has 32 heavy (non-hydrogen) atoms. The van der Waals surface area contributed by atoms with Crippen LogP contribution in [0.25, 0.3) is 11.1 Å². The van der Waals surface area contributed by atoms with E-state index in [4.69, 9.17) is 4.74 Å². The van der Waals surface area contributed by atoms with Crippen molar-refractivity contribution in [3.05, 3.63) is 84.2 Å². The van der Waals surface area contributed by atoms with Crippen molar-refractivity contribution in [1.82, 2.24) is 15.2 Å². The lowest BCUT2D eigenvalue weighted by molar-refractivity contribution is -0.129. The first-order chi connectivity index (χ1) is 15.6. The summed E-state index contributed by atoms with van der Waals surface area (Å²) in [4.78, 5) is 31.7. The minimum absolute atomic E-state index is 0.0392. The molecule has 0 radical (unpaired) electrons. The monoisotopic (exact) mass is 429 g/mol. The number of ether oxygens (including phenoxy) is 1. The van der Waals surface area contributed by atoms with Crippen LogP contribution in [-0.2, 0) is 11.2 Å². The van der Waals surface area contributed by atoms with Gasteiger partial charge >= 0.3 is 0 Å². The lowest BCUT2D eigenvalue weighted by Gasteiger charge is -2.27. The first-order valence-corrected chi connectivity index (χ1v) is 10.7. The van der Waals surface area contributed by atoms with Crippen LogP contribution in [-0.4, -0.2) is 48.9 Å². The van der Waals surface area contributed by atoms with Gasteiger partial charge in [0.2, 0.25) is 5.91 Å². The minimum Gasteiger partial charge on any atom is -0.496 e. The van der Waals surface area contributed by atoms with Gasteiger partial charge in [0.25, 0.3) is 5.91 Å². The Kier molecular flexibility index (Phi) is 6.21. The van der Waals surface area contributed by atoms with Gasteiger partial charge in [-0.3, -0.25) is 14.6 Å². The summed E-state index contributed by atoms with van der Waals surface area (Å²) in [7, 11) is 3.32. The van der Waals surface area contributed by atoms with Crippen LogP contribution < -0.4 is 10.1 Å². The molecule has 0 saturated carbocycles. The largest absolute Gasteiger partial charge is 0.496 e. The molecule has 1 N–H and O–H groups in total. The number of carbonyl (C=O) groups is 2. The topological polar surface area (TPSA) is 71.5 Å². The van der Waals surface area contributed by atoms with E-state index >= 15 is 0 Å². The molecule has 0 aliphatic carbocycles. The van der Waals surface area contributed by atoms with E-state index in [0.29, 0.717) is 31.6 Å². The van der Waals surface area contributed by atoms with Gasteiger partial charge < -0.3 is 15.0 Å². The number of pyridine rings is 1. The van der Waals surface area contributed by atoms with Gasteiger partial charge in [-0.25, -0.2) is 0 Å². The van der Waals surface area contributed by atoms with Gasteiger partial charge in [-0.05, 0) is 42.2 Å². The van der Waals surface area contributed by atoms with Gasteiger partial charge in [0.1, 0.15) is 11.4 Å². The Bertz CT molecular complexity index is 1100. The number of amides is 2. The van der Waals surface area contributed by atoms with E-state index in [-0.39, 0.29) is 11.8 Å². The first-order valence-electron chi connectivity index (χ1n) is 10.7. The van der Waals surface area contributed by atoms with Crippen LogP contribution in [0.4, 0.5) is 0 Å². The van der Waals surface area contributed by atoms with Gasteiger partial charge in [0, 0.05) is 31.9 Å². The summed E-state index contributed by atoms with van der Waals surface area (Å²) < 4.78 is 5.47. The normalized spacial score (nSPS) is 17.8. The molecule has 164 valence electrons. The van der Waals surface area contributed by atoms with Crippen molar-refractivity contribution in [2.24, 2.45) is 5.41 Å². The highest BCUT2D eigenvalue weighted by Gasteiger charge is 2.45. The summed E-state index contributed by atoms with van der Waals surface area (Å²) in [5, 5.41) is 2.81. The van der Waals surface area contributed by atoms with Gasteiger partial charge in [-0.2, -0.15) is 0 Å². The number of methoxy groups -OCH3 is 1. The number of likely N-dealkylation sites (tertiary alicyclic amines) is 1. The number of aromatic nitrogens is 1. The standard InChI is InChI=1S/C26H27N3O3/c1-27-25(31)26(14-16-29(18-26)24(30)22-8-5-6-15-28-22)17-19-10-12-20(13-11-19)21-7-3-4-9-23(21)32-2/h3-13,15H,14,16-18H2,1-2H3,(H,27,31). The highest BCUT2D eigenvalue weighted by Crippen LogP contribution is 2.36. The molecule has 1 aromatic heterocycles. The van der Waals surface area contributed by atoms with E-state index < -0.39 is 5.41 Å². The van der Waals surface area contributed by atoms with Crippen LogP contribution >= 0.6 is 0 Å². The number of hydrogen-bond acceptors (Lipinski definition) is 4. The molecule has 2 heterocycles. The summed E-state index contributed by atoms with van der Waals surface area (Å²) in [5.74, 6) is 0.645. The molecule has 0 bridgehead atoms. The summed E-state index contributed by atoms with van der Waals surface area (Å²) >= 11 is 0. The van der Waals surface area contributed by atoms with Crippen molar-refractivity contribution >= 4 is 11.8 Å². The van der Waals surface area contributed by atoms with E-state index in [9.17, 15) is 9.59 Å². The van der Waals surface area contributed by atoms with Crippen molar-refractivity contribution in [2.45, 2.75) is 12.8 Å². The first kappa shape index (κ1) is 21.6. The highest BCUT2D eigenvalue weighted by atomic mass is 16.5. The third-order valence-corrected chi connectivity index (χ3v) is 6.15. The molecule has 6 nitrogen and oxygen atoms in total. The van der Waals surface area contributed by atoms with Crippen LogP contribution in [0.2, 0.25) is 0 Å². The summed E-state index contributed by atoms with van der Waals surface area (Å²) in [6, 6.07) is 21.4. The van der Waals surface area contributed by atoms with Gasteiger partial charge in [0.05, 0.1) is 12.5 Å². The van der Waals surface area contributed by atoms with Crippen molar-refractivity contribution in [1.29, 1.82) is 0 Å². The molecule has 2 aromatic carbocycles. The van der Waals surface area contributed by atoms with Gasteiger partial charge in [-0.1, -0.05) is 48.5 Å². The van der Waals surface area contributed by atoms with Crippen molar-refractivity contribution in [3.63, 3.8) is 0 Å². The number of para-hydroxylation sites is 1. The predicted molar refractivity (Wildman–Crippen MR) is 123 cm³/mol.